The molecule has 3 aromatic rings. The first kappa shape index (κ1) is 16.5. The number of nitrogens with zero attached hydrogens (tertiary/aromatic N) is 3. The third-order valence-electron chi connectivity index (χ3n) is 3.43. The van der Waals surface area contributed by atoms with Crippen molar-refractivity contribution >= 4 is 17.6 Å². The molecule has 0 aliphatic heterocycles. The first-order chi connectivity index (χ1) is 12.1. The van der Waals surface area contributed by atoms with Crippen LogP contribution in [0.25, 0.3) is 0 Å². The summed E-state index contributed by atoms with van der Waals surface area (Å²) in [4.78, 5) is 12.6. The molecule has 2 aromatic carbocycles. The van der Waals surface area contributed by atoms with Gasteiger partial charge >= 0.3 is 0 Å². The number of hydrogen-bond donors (Lipinski definition) is 2. The largest absolute Gasteiger partial charge is 0.493 e. The second-order valence-corrected chi connectivity index (χ2v) is 5.36. The van der Waals surface area contributed by atoms with Crippen LogP contribution in [0.2, 0.25) is 0 Å². The lowest BCUT2D eigenvalue weighted by atomic mass is 10.2. The van der Waals surface area contributed by atoms with E-state index in [1.807, 2.05) is 55.5 Å². The van der Waals surface area contributed by atoms with Crippen molar-refractivity contribution in [3.63, 3.8) is 0 Å². The highest BCUT2D eigenvalue weighted by atomic mass is 16.5. The van der Waals surface area contributed by atoms with Crippen LogP contribution in [0.1, 0.15) is 11.4 Å². The van der Waals surface area contributed by atoms with Gasteiger partial charge in [-0.3, -0.25) is 0 Å². The summed E-state index contributed by atoms with van der Waals surface area (Å²) in [5.41, 5.74) is 7.82. The Hall–Kier alpha value is -3.35. The number of para-hydroxylation sites is 2. The van der Waals surface area contributed by atoms with E-state index < -0.39 is 0 Å². The highest BCUT2D eigenvalue weighted by molar-refractivity contribution is 5.54. The number of ether oxygens (including phenoxy) is 2. The predicted molar refractivity (Wildman–Crippen MR) is 96.0 cm³/mol. The van der Waals surface area contributed by atoms with Gasteiger partial charge in [0.2, 0.25) is 11.9 Å². The van der Waals surface area contributed by atoms with E-state index in [9.17, 15) is 0 Å². The molecule has 7 nitrogen and oxygen atoms in total. The molecule has 0 saturated heterocycles. The molecule has 0 aliphatic rings. The maximum atomic E-state index is 5.78. The quantitative estimate of drug-likeness (QED) is 0.713. The molecule has 1 aromatic heterocycles. The first-order valence-electron chi connectivity index (χ1n) is 7.74. The Balaban J connectivity index is 1.74. The van der Waals surface area contributed by atoms with Crippen molar-refractivity contribution in [2.75, 3.05) is 18.2 Å². The van der Waals surface area contributed by atoms with Crippen LogP contribution in [-0.4, -0.2) is 22.1 Å². The third kappa shape index (κ3) is 4.35. The zero-order valence-electron chi connectivity index (χ0n) is 14.1. The van der Waals surface area contributed by atoms with E-state index in [0.29, 0.717) is 23.3 Å². The van der Waals surface area contributed by atoms with Crippen LogP contribution in [0, 0.1) is 6.92 Å². The molecule has 7 heteroatoms. The monoisotopic (exact) mass is 337 g/mol. The minimum Gasteiger partial charge on any atom is -0.493 e. The second kappa shape index (κ2) is 7.48. The number of hydrogen-bond acceptors (Lipinski definition) is 7. The number of aromatic nitrogens is 3. The van der Waals surface area contributed by atoms with Crippen molar-refractivity contribution in [3.8, 4) is 11.5 Å². The molecule has 0 amide bonds. The van der Waals surface area contributed by atoms with Crippen LogP contribution >= 0.6 is 0 Å². The fraction of sp³-hybridized carbons (Fsp3) is 0.167. The van der Waals surface area contributed by atoms with Crippen molar-refractivity contribution in [3.05, 3.63) is 59.9 Å². The molecule has 25 heavy (non-hydrogen) atoms. The molecule has 3 rings (SSSR count). The molecule has 0 saturated carbocycles. The Bertz CT molecular complexity index is 852. The summed E-state index contributed by atoms with van der Waals surface area (Å²) >= 11 is 0. The van der Waals surface area contributed by atoms with Gasteiger partial charge in [-0.05, 0) is 31.2 Å². The molecular formula is C18H19N5O2. The SMILES string of the molecule is COc1ccccc1OCc1nc(N)nc(Nc2ccc(C)cc2)n1. The van der Waals surface area contributed by atoms with Gasteiger partial charge in [-0.2, -0.15) is 15.0 Å². The van der Waals surface area contributed by atoms with Crippen molar-refractivity contribution in [1.29, 1.82) is 0 Å². The summed E-state index contributed by atoms with van der Waals surface area (Å²) in [7, 11) is 1.59. The molecule has 0 spiro atoms. The molecule has 0 fully saturated rings. The Kier molecular flexibility index (Phi) is 4.94. The molecule has 0 unspecified atom stereocenters. The number of methoxy groups -OCH3 is 1. The van der Waals surface area contributed by atoms with Crippen molar-refractivity contribution in [1.82, 2.24) is 15.0 Å². The van der Waals surface area contributed by atoms with Crippen molar-refractivity contribution in [2.24, 2.45) is 0 Å². The molecule has 0 bridgehead atoms. The number of rotatable bonds is 6. The Labute approximate surface area is 145 Å². The molecule has 0 radical (unpaired) electrons. The van der Waals surface area contributed by atoms with E-state index >= 15 is 0 Å². The average molecular weight is 337 g/mol. The van der Waals surface area contributed by atoms with E-state index in [4.69, 9.17) is 15.2 Å². The zero-order chi connectivity index (χ0) is 17.6. The summed E-state index contributed by atoms with van der Waals surface area (Å²) in [6.45, 7) is 2.17. The summed E-state index contributed by atoms with van der Waals surface area (Å²) < 4.78 is 11.0. The standard InChI is InChI=1S/C18H19N5O2/c1-12-7-9-13(10-8-12)20-18-22-16(21-17(19)23-18)11-25-15-6-4-3-5-14(15)24-2/h3-10H,11H2,1-2H3,(H3,19,20,21,22,23). The van der Waals surface area contributed by atoms with Gasteiger partial charge in [-0.15, -0.1) is 0 Å². The maximum Gasteiger partial charge on any atom is 0.232 e. The molecule has 3 N–H and O–H groups in total. The lowest BCUT2D eigenvalue weighted by molar-refractivity contribution is 0.276. The van der Waals surface area contributed by atoms with E-state index in [1.165, 1.54) is 5.56 Å². The summed E-state index contributed by atoms with van der Waals surface area (Å²) in [6, 6.07) is 15.3. The zero-order valence-corrected chi connectivity index (χ0v) is 14.1. The normalized spacial score (nSPS) is 10.3. The third-order valence-corrected chi connectivity index (χ3v) is 3.43. The fourth-order valence-corrected chi connectivity index (χ4v) is 2.20. The number of nitrogen functional groups attached to an aromatic ring is 1. The highest BCUT2D eigenvalue weighted by Crippen LogP contribution is 2.26. The van der Waals surface area contributed by atoms with Crippen LogP contribution in [0.3, 0.4) is 0 Å². The molecular weight excluding hydrogens is 318 g/mol. The maximum absolute atomic E-state index is 5.78. The van der Waals surface area contributed by atoms with Gasteiger partial charge in [0, 0.05) is 5.69 Å². The van der Waals surface area contributed by atoms with E-state index in [0.717, 1.165) is 5.69 Å². The van der Waals surface area contributed by atoms with Crippen LogP contribution in [0.15, 0.2) is 48.5 Å². The number of benzene rings is 2. The van der Waals surface area contributed by atoms with E-state index in [2.05, 4.69) is 20.3 Å². The van der Waals surface area contributed by atoms with Gasteiger partial charge in [0.1, 0.15) is 6.61 Å². The van der Waals surface area contributed by atoms with Crippen molar-refractivity contribution in [2.45, 2.75) is 13.5 Å². The van der Waals surface area contributed by atoms with Gasteiger partial charge in [-0.1, -0.05) is 29.8 Å². The predicted octanol–water partition coefficient (Wildman–Crippen LogP) is 3.09. The average Bonchev–Trinajstić information content (AvgIpc) is 2.62. The topological polar surface area (TPSA) is 95.2 Å². The minimum absolute atomic E-state index is 0.128. The van der Waals surface area contributed by atoms with Gasteiger partial charge in [0.15, 0.2) is 17.3 Å². The summed E-state index contributed by atoms with van der Waals surface area (Å²) in [5.74, 6) is 2.17. The van der Waals surface area contributed by atoms with Crippen LogP contribution in [-0.2, 0) is 6.61 Å². The Morgan fingerprint density at radius 2 is 1.68 bits per heavy atom. The van der Waals surface area contributed by atoms with E-state index in [-0.39, 0.29) is 12.6 Å². The highest BCUT2D eigenvalue weighted by Gasteiger charge is 2.08. The van der Waals surface area contributed by atoms with Gasteiger partial charge in [0.25, 0.3) is 0 Å². The Morgan fingerprint density at radius 1 is 0.960 bits per heavy atom. The Morgan fingerprint density at radius 3 is 2.40 bits per heavy atom. The van der Waals surface area contributed by atoms with Gasteiger partial charge in [-0.25, -0.2) is 0 Å². The summed E-state index contributed by atoms with van der Waals surface area (Å²) in [6.07, 6.45) is 0. The van der Waals surface area contributed by atoms with Gasteiger partial charge in [0.05, 0.1) is 7.11 Å². The number of aryl methyl sites for hydroxylation is 1. The van der Waals surface area contributed by atoms with Crippen molar-refractivity contribution < 1.29 is 9.47 Å². The van der Waals surface area contributed by atoms with Crippen LogP contribution in [0.5, 0.6) is 11.5 Å². The van der Waals surface area contributed by atoms with Crippen LogP contribution in [0.4, 0.5) is 17.6 Å². The number of anilines is 3. The van der Waals surface area contributed by atoms with E-state index in [1.54, 1.807) is 7.11 Å². The van der Waals surface area contributed by atoms with Crippen LogP contribution < -0.4 is 20.5 Å². The lowest BCUT2D eigenvalue weighted by Gasteiger charge is -2.11. The van der Waals surface area contributed by atoms with Gasteiger partial charge < -0.3 is 20.5 Å². The fourth-order valence-electron chi connectivity index (χ4n) is 2.20. The minimum atomic E-state index is 0.128. The molecule has 0 aliphatic carbocycles. The number of nitrogens with one attached hydrogen (secondary N) is 1. The summed E-state index contributed by atoms with van der Waals surface area (Å²) in [5, 5.41) is 3.11. The number of nitrogens with two attached hydrogens (primary N) is 1. The smallest absolute Gasteiger partial charge is 0.232 e. The molecule has 128 valence electrons. The first-order valence-corrected chi connectivity index (χ1v) is 7.74. The second-order valence-electron chi connectivity index (χ2n) is 5.36. The molecule has 0 atom stereocenters. The molecule has 1 heterocycles. The lowest BCUT2D eigenvalue weighted by Crippen LogP contribution is -2.09.